The summed E-state index contributed by atoms with van der Waals surface area (Å²) >= 11 is 0. The van der Waals surface area contributed by atoms with Crippen molar-refractivity contribution in [2.45, 2.75) is 24.5 Å². The van der Waals surface area contributed by atoms with Gasteiger partial charge in [0.2, 0.25) is 5.91 Å². The van der Waals surface area contributed by atoms with Crippen molar-refractivity contribution in [3.63, 3.8) is 0 Å². The normalized spacial score (nSPS) is 27.7. The molecule has 0 radical (unpaired) electrons. The van der Waals surface area contributed by atoms with E-state index in [2.05, 4.69) is 26.3 Å². The first-order valence-corrected chi connectivity index (χ1v) is 8.85. The molecule has 2 saturated heterocycles. The molecule has 0 aliphatic carbocycles. The molecule has 8 N–H and O–H groups in total. The Kier molecular flexibility index (Phi) is 6.29. The van der Waals surface area contributed by atoms with Crippen molar-refractivity contribution in [2.24, 2.45) is 17.4 Å². The number of amides is 1. The van der Waals surface area contributed by atoms with Gasteiger partial charge in [0.1, 0.15) is 12.0 Å². The highest BCUT2D eigenvalue weighted by Gasteiger charge is 2.36. The summed E-state index contributed by atoms with van der Waals surface area (Å²) in [7, 11) is 1.86. The van der Waals surface area contributed by atoms with E-state index in [-0.39, 0.29) is 24.8 Å². The third-order valence-corrected chi connectivity index (χ3v) is 4.96. The third kappa shape index (κ3) is 4.39. The van der Waals surface area contributed by atoms with Gasteiger partial charge in [-0.05, 0) is 7.05 Å². The van der Waals surface area contributed by atoms with E-state index >= 15 is 0 Å². The number of hydrogen-bond donors (Lipinski definition) is 6. The van der Waals surface area contributed by atoms with Crippen molar-refractivity contribution >= 4 is 11.6 Å². The fourth-order valence-electron chi connectivity index (χ4n) is 3.52. The van der Waals surface area contributed by atoms with Crippen molar-refractivity contribution in [1.82, 2.24) is 25.8 Å². The molecule has 2 aliphatic rings. The van der Waals surface area contributed by atoms with Gasteiger partial charge in [-0.3, -0.25) is 25.3 Å². The second kappa shape index (κ2) is 8.50. The minimum Gasteiger partial charge on any atom is -0.324 e. The molecule has 0 aromatic carbocycles. The van der Waals surface area contributed by atoms with Gasteiger partial charge < -0.3 is 22.1 Å². The van der Waals surface area contributed by atoms with E-state index in [9.17, 15) is 13.6 Å². The molecule has 2 aliphatic heterocycles. The zero-order valence-corrected chi connectivity index (χ0v) is 15.1. The van der Waals surface area contributed by atoms with E-state index < -0.39 is 36.1 Å². The largest absolute Gasteiger partial charge is 0.324 e. The van der Waals surface area contributed by atoms with Gasteiger partial charge in [0.15, 0.2) is 0 Å². The standard InChI is InChI=1S/C16H26F2N8O/c1-26-7-22-6-11(26)12-9(18)4-21-5-10(12)25-16(27)13(14(19)20)15-23-2-8(17)3-24-15/h4-5,8,11,13-15,22-24H,2-3,6-7,19-20H2,1H3,(H,25,27). The highest BCUT2D eigenvalue weighted by atomic mass is 19.1. The Labute approximate surface area is 156 Å². The molecular formula is C16H26F2N8O. The first kappa shape index (κ1) is 20.0. The van der Waals surface area contributed by atoms with Gasteiger partial charge >= 0.3 is 0 Å². The van der Waals surface area contributed by atoms with Crippen LogP contribution in [0.1, 0.15) is 11.6 Å². The van der Waals surface area contributed by atoms with Crippen LogP contribution in [0.25, 0.3) is 0 Å². The van der Waals surface area contributed by atoms with Crippen molar-refractivity contribution in [1.29, 1.82) is 0 Å². The van der Waals surface area contributed by atoms with Crippen LogP contribution in [-0.2, 0) is 4.79 Å². The van der Waals surface area contributed by atoms with Crippen LogP contribution in [0.15, 0.2) is 12.4 Å². The Balaban J connectivity index is 1.81. The van der Waals surface area contributed by atoms with Crippen molar-refractivity contribution in [3.8, 4) is 0 Å². The lowest BCUT2D eigenvalue weighted by atomic mass is 9.99. The second-order valence-electron chi connectivity index (χ2n) is 6.95. The summed E-state index contributed by atoms with van der Waals surface area (Å²) in [6, 6.07) is -0.244. The summed E-state index contributed by atoms with van der Waals surface area (Å²) in [5.41, 5.74) is 12.2. The van der Waals surface area contributed by atoms with Gasteiger partial charge in [-0.15, -0.1) is 0 Å². The van der Waals surface area contributed by atoms with Crippen molar-refractivity contribution < 1.29 is 13.6 Å². The average Bonchev–Trinajstić information content (AvgIpc) is 3.02. The van der Waals surface area contributed by atoms with E-state index in [1.54, 1.807) is 0 Å². The predicted molar refractivity (Wildman–Crippen MR) is 96.5 cm³/mol. The molecule has 2 atom stereocenters. The summed E-state index contributed by atoms with van der Waals surface area (Å²) in [6.07, 6.45) is -0.108. The Bertz CT molecular complexity index is 668. The minimum absolute atomic E-state index is 0.0967. The summed E-state index contributed by atoms with van der Waals surface area (Å²) in [5, 5.41) is 11.6. The van der Waals surface area contributed by atoms with Gasteiger partial charge in [0.05, 0.1) is 42.4 Å². The van der Waals surface area contributed by atoms with E-state index in [0.29, 0.717) is 18.8 Å². The Hall–Kier alpha value is -1.76. The van der Waals surface area contributed by atoms with E-state index in [0.717, 1.165) is 6.20 Å². The quantitative estimate of drug-likeness (QED) is 0.335. The molecule has 0 spiro atoms. The molecule has 3 heterocycles. The second-order valence-corrected chi connectivity index (χ2v) is 6.95. The summed E-state index contributed by atoms with van der Waals surface area (Å²) in [6.45, 7) is 1.35. The zero-order valence-electron chi connectivity index (χ0n) is 15.1. The maximum Gasteiger partial charge on any atom is 0.233 e. The number of carbonyl (C=O) groups is 1. The highest BCUT2D eigenvalue weighted by molar-refractivity contribution is 5.94. The van der Waals surface area contributed by atoms with Crippen LogP contribution in [0.3, 0.4) is 0 Å². The number of pyridine rings is 1. The molecule has 2 fully saturated rings. The lowest BCUT2D eigenvalue weighted by Gasteiger charge is -2.34. The Morgan fingerprint density at radius 1 is 1.33 bits per heavy atom. The topological polar surface area (TPSA) is 133 Å². The third-order valence-electron chi connectivity index (χ3n) is 4.96. The van der Waals surface area contributed by atoms with E-state index in [1.165, 1.54) is 6.20 Å². The van der Waals surface area contributed by atoms with Crippen LogP contribution < -0.4 is 32.7 Å². The molecule has 150 valence electrons. The number of nitrogens with two attached hydrogens (primary N) is 2. The molecule has 9 nitrogen and oxygen atoms in total. The average molecular weight is 384 g/mol. The molecule has 1 aromatic rings. The SMILES string of the molecule is CN1CNCC1c1c(F)cncc1NC(=O)C(C(N)N)C1NCC(F)CN1. The number of halogens is 2. The summed E-state index contributed by atoms with van der Waals surface area (Å²) in [4.78, 5) is 18.7. The number of likely N-dealkylation sites (N-methyl/N-ethyl adjacent to an activating group) is 1. The maximum absolute atomic E-state index is 14.5. The molecule has 27 heavy (non-hydrogen) atoms. The number of nitrogens with one attached hydrogen (secondary N) is 4. The van der Waals surface area contributed by atoms with Crippen LogP contribution >= 0.6 is 0 Å². The Morgan fingerprint density at radius 3 is 2.63 bits per heavy atom. The van der Waals surface area contributed by atoms with Gasteiger partial charge in [-0.1, -0.05) is 0 Å². The highest BCUT2D eigenvalue weighted by Crippen LogP contribution is 2.30. The number of nitrogens with zero attached hydrogens (tertiary/aromatic N) is 2. The van der Waals surface area contributed by atoms with E-state index in [1.807, 2.05) is 11.9 Å². The molecule has 1 amide bonds. The maximum atomic E-state index is 14.5. The predicted octanol–water partition coefficient (Wildman–Crippen LogP) is -1.59. The van der Waals surface area contributed by atoms with Gasteiger partial charge in [0, 0.05) is 31.9 Å². The number of alkyl halides is 1. The number of carbonyl (C=O) groups excluding carboxylic acids is 1. The first-order chi connectivity index (χ1) is 12.9. The molecule has 2 unspecified atom stereocenters. The van der Waals surface area contributed by atoms with Crippen LogP contribution in [0, 0.1) is 11.7 Å². The molecule has 0 saturated carbocycles. The number of hydrogen-bond acceptors (Lipinski definition) is 8. The lowest BCUT2D eigenvalue weighted by Crippen LogP contribution is -2.64. The van der Waals surface area contributed by atoms with Gasteiger partial charge in [0.25, 0.3) is 0 Å². The first-order valence-electron chi connectivity index (χ1n) is 8.85. The zero-order chi connectivity index (χ0) is 19.6. The number of aromatic nitrogens is 1. The lowest BCUT2D eigenvalue weighted by molar-refractivity contribution is -0.122. The van der Waals surface area contributed by atoms with Crippen LogP contribution in [0.5, 0.6) is 0 Å². The summed E-state index contributed by atoms with van der Waals surface area (Å²) in [5.74, 6) is -1.88. The smallest absolute Gasteiger partial charge is 0.233 e. The van der Waals surface area contributed by atoms with Crippen LogP contribution in [0.2, 0.25) is 0 Å². The van der Waals surface area contributed by atoms with Crippen LogP contribution in [-0.4, -0.2) is 67.6 Å². The fraction of sp³-hybridized carbons (Fsp3) is 0.625. The number of anilines is 1. The van der Waals surface area contributed by atoms with Gasteiger partial charge in [-0.25, -0.2) is 8.78 Å². The van der Waals surface area contributed by atoms with Crippen molar-refractivity contribution in [2.75, 3.05) is 38.7 Å². The monoisotopic (exact) mass is 384 g/mol. The minimum atomic E-state index is -1.05. The fourth-order valence-corrected chi connectivity index (χ4v) is 3.52. The van der Waals surface area contributed by atoms with Crippen LogP contribution in [0.4, 0.5) is 14.5 Å². The van der Waals surface area contributed by atoms with Crippen molar-refractivity contribution in [3.05, 3.63) is 23.8 Å². The van der Waals surface area contributed by atoms with E-state index in [4.69, 9.17) is 11.5 Å². The molecule has 1 aromatic heterocycles. The van der Waals surface area contributed by atoms with Gasteiger partial charge in [-0.2, -0.15) is 0 Å². The Morgan fingerprint density at radius 2 is 2.04 bits per heavy atom. The molecule has 3 rings (SSSR count). The summed E-state index contributed by atoms with van der Waals surface area (Å²) < 4.78 is 27.8. The molecule has 0 bridgehead atoms. The molecule has 11 heteroatoms. The molecular weight excluding hydrogens is 358 g/mol. The number of rotatable bonds is 5.